The standard InChI is InChI=1S/C19H19N5O2/c1-12-9-13(2)22-19(21-12)26-14-7-8-24(11-14)18(25)17-10-20-15-5-3-4-6-16(15)23-17/h3-6,9-10,14H,7-8,11H2,1-2H3/t14-/m1/s1. The number of likely N-dealkylation sites (tertiary alicyclic amines) is 1. The van der Waals surface area contributed by atoms with Crippen LogP contribution in [0.2, 0.25) is 0 Å². The highest BCUT2D eigenvalue weighted by Gasteiger charge is 2.29. The molecule has 0 saturated carbocycles. The highest BCUT2D eigenvalue weighted by atomic mass is 16.5. The quantitative estimate of drug-likeness (QED) is 0.722. The first-order valence-electron chi connectivity index (χ1n) is 8.58. The van der Waals surface area contributed by atoms with Crippen molar-refractivity contribution in [3.8, 4) is 6.01 Å². The highest BCUT2D eigenvalue weighted by Crippen LogP contribution is 2.18. The predicted molar refractivity (Wildman–Crippen MR) is 96.0 cm³/mol. The number of carbonyl (C=O) groups is 1. The van der Waals surface area contributed by atoms with Crippen molar-refractivity contribution in [1.82, 2.24) is 24.8 Å². The number of benzene rings is 1. The molecule has 1 atom stereocenters. The fourth-order valence-electron chi connectivity index (χ4n) is 3.13. The Balaban J connectivity index is 1.46. The Bertz CT molecular complexity index is 955. The Hall–Kier alpha value is -3.09. The number of nitrogens with zero attached hydrogens (tertiary/aromatic N) is 5. The average molecular weight is 349 g/mol. The Morgan fingerprint density at radius 1 is 1.12 bits per heavy atom. The van der Waals surface area contributed by atoms with E-state index >= 15 is 0 Å². The maximum Gasteiger partial charge on any atom is 0.317 e. The number of ether oxygens (including phenoxy) is 1. The summed E-state index contributed by atoms with van der Waals surface area (Å²) in [4.78, 5) is 31.8. The lowest BCUT2D eigenvalue weighted by Gasteiger charge is -2.16. The van der Waals surface area contributed by atoms with Crippen LogP contribution in [-0.2, 0) is 0 Å². The van der Waals surface area contributed by atoms with Crippen molar-refractivity contribution in [2.24, 2.45) is 0 Å². The molecule has 1 fully saturated rings. The second-order valence-electron chi connectivity index (χ2n) is 6.46. The summed E-state index contributed by atoms with van der Waals surface area (Å²) in [6.45, 7) is 4.92. The number of rotatable bonds is 3. The largest absolute Gasteiger partial charge is 0.458 e. The zero-order valence-corrected chi connectivity index (χ0v) is 14.7. The summed E-state index contributed by atoms with van der Waals surface area (Å²) in [6.07, 6.45) is 2.16. The van der Waals surface area contributed by atoms with Crippen LogP contribution in [-0.4, -0.2) is 49.9 Å². The Morgan fingerprint density at radius 2 is 1.85 bits per heavy atom. The van der Waals surface area contributed by atoms with E-state index in [-0.39, 0.29) is 12.0 Å². The lowest BCUT2D eigenvalue weighted by molar-refractivity contribution is 0.0763. The highest BCUT2D eigenvalue weighted by molar-refractivity contribution is 5.94. The normalized spacial score (nSPS) is 16.8. The summed E-state index contributed by atoms with van der Waals surface area (Å²) in [5.41, 5.74) is 3.58. The first-order chi connectivity index (χ1) is 12.6. The van der Waals surface area contributed by atoms with Gasteiger partial charge in [-0.05, 0) is 32.0 Å². The van der Waals surface area contributed by atoms with E-state index in [0.29, 0.717) is 30.3 Å². The summed E-state index contributed by atoms with van der Waals surface area (Å²) < 4.78 is 5.87. The number of para-hydroxylation sites is 2. The second kappa shape index (κ2) is 6.67. The molecule has 26 heavy (non-hydrogen) atoms. The van der Waals surface area contributed by atoms with Crippen molar-refractivity contribution in [2.45, 2.75) is 26.4 Å². The van der Waals surface area contributed by atoms with Crippen molar-refractivity contribution >= 4 is 16.9 Å². The Kier molecular flexibility index (Phi) is 4.20. The van der Waals surface area contributed by atoms with Crippen molar-refractivity contribution in [3.05, 3.63) is 53.6 Å². The lowest BCUT2D eigenvalue weighted by Crippen LogP contribution is -2.31. The van der Waals surface area contributed by atoms with Crippen LogP contribution in [0.25, 0.3) is 11.0 Å². The van der Waals surface area contributed by atoms with Crippen molar-refractivity contribution in [1.29, 1.82) is 0 Å². The summed E-state index contributed by atoms with van der Waals surface area (Å²) in [7, 11) is 0. The van der Waals surface area contributed by atoms with Crippen LogP contribution in [0.5, 0.6) is 6.01 Å². The number of carbonyl (C=O) groups excluding carboxylic acids is 1. The zero-order valence-electron chi connectivity index (χ0n) is 14.7. The first-order valence-corrected chi connectivity index (χ1v) is 8.58. The molecule has 7 heteroatoms. The van der Waals surface area contributed by atoms with Gasteiger partial charge in [-0.15, -0.1) is 0 Å². The summed E-state index contributed by atoms with van der Waals surface area (Å²) >= 11 is 0. The molecule has 0 radical (unpaired) electrons. The molecule has 3 heterocycles. The van der Waals surface area contributed by atoms with Crippen LogP contribution >= 0.6 is 0 Å². The number of hydrogen-bond acceptors (Lipinski definition) is 6. The number of aromatic nitrogens is 4. The van der Waals surface area contributed by atoms with Crippen LogP contribution in [0.15, 0.2) is 36.5 Å². The SMILES string of the molecule is Cc1cc(C)nc(O[C@@H]2CCN(C(=O)c3cnc4ccccc4n3)C2)n1. The minimum Gasteiger partial charge on any atom is -0.458 e. The summed E-state index contributed by atoms with van der Waals surface area (Å²) in [5, 5.41) is 0. The molecule has 0 spiro atoms. The zero-order chi connectivity index (χ0) is 18.1. The van der Waals surface area contributed by atoms with E-state index in [1.165, 1.54) is 6.20 Å². The fourth-order valence-corrected chi connectivity index (χ4v) is 3.13. The number of hydrogen-bond donors (Lipinski definition) is 0. The van der Waals surface area contributed by atoms with E-state index in [4.69, 9.17) is 4.74 Å². The molecule has 0 N–H and O–H groups in total. The van der Waals surface area contributed by atoms with Crippen LogP contribution in [0.4, 0.5) is 0 Å². The molecule has 1 aliphatic heterocycles. The van der Waals surface area contributed by atoms with E-state index in [0.717, 1.165) is 23.3 Å². The molecular weight excluding hydrogens is 330 g/mol. The van der Waals surface area contributed by atoms with Crippen LogP contribution in [0, 0.1) is 13.8 Å². The first kappa shape index (κ1) is 16.4. The average Bonchev–Trinajstić information content (AvgIpc) is 3.08. The number of amides is 1. The van der Waals surface area contributed by atoms with Crippen molar-refractivity contribution < 1.29 is 9.53 Å². The predicted octanol–water partition coefficient (Wildman–Crippen LogP) is 2.33. The lowest BCUT2D eigenvalue weighted by atomic mass is 10.3. The van der Waals surface area contributed by atoms with E-state index in [9.17, 15) is 4.79 Å². The maximum absolute atomic E-state index is 12.7. The van der Waals surface area contributed by atoms with Gasteiger partial charge in [0.25, 0.3) is 5.91 Å². The molecule has 3 aromatic rings. The summed E-state index contributed by atoms with van der Waals surface area (Å²) in [6, 6.07) is 9.78. The van der Waals surface area contributed by atoms with Gasteiger partial charge >= 0.3 is 6.01 Å². The minimum atomic E-state index is -0.129. The molecule has 0 unspecified atom stereocenters. The molecule has 1 saturated heterocycles. The van der Waals surface area contributed by atoms with Crippen LogP contribution in [0.1, 0.15) is 28.3 Å². The Labute approximate surface area is 151 Å². The van der Waals surface area contributed by atoms with Gasteiger partial charge in [-0.3, -0.25) is 9.78 Å². The van der Waals surface area contributed by atoms with Crippen LogP contribution in [0.3, 0.4) is 0 Å². The molecule has 4 rings (SSSR count). The van der Waals surface area contributed by atoms with Gasteiger partial charge in [0.05, 0.1) is 23.8 Å². The smallest absolute Gasteiger partial charge is 0.317 e. The topological polar surface area (TPSA) is 81.1 Å². The van der Waals surface area contributed by atoms with Gasteiger partial charge in [-0.2, -0.15) is 0 Å². The van der Waals surface area contributed by atoms with Crippen molar-refractivity contribution in [2.75, 3.05) is 13.1 Å². The molecule has 1 aliphatic rings. The van der Waals surface area contributed by atoms with Gasteiger partial charge in [0.1, 0.15) is 11.8 Å². The monoisotopic (exact) mass is 349 g/mol. The van der Waals surface area contributed by atoms with E-state index in [2.05, 4.69) is 19.9 Å². The number of aryl methyl sites for hydroxylation is 2. The third kappa shape index (κ3) is 3.33. The molecule has 7 nitrogen and oxygen atoms in total. The molecule has 1 amide bonds. The third-order valence-corrected chi connectivity index (χ3v) is 4.33. The maximum atomic E-state index is 12.7. The Morgan fingerprint density at radius 3 is 2.62 bits per heavy atom. The molecular formula is C19H19N5O2. The third-order valence-electron chi connectivity index (χ3n) is 4.33. The van der Waals surface area contributed by atoms with Gasteiger partial charge in [-0.25, -0.2) is 15.0 Å². The van der Waals surface area contributed by atoms with Gasteiger partial charge in [0.2, 0.25) is 0 Å². The molecule has 132 valence electrons. The van der Waals surface area contributed by atoms with Crippen molar-refractivity contribution in [3.63, 3.8) is 0 Å². The van der Waals surface area contributed by atoms with Gasteiger partial charge in [0.15, 0.2) is 0 Å². The molecule has 0 aliphatic carbocycles. The minimum absolute atomic E-state index is 0.117. The summed E-state index contributed by atoms with van der Waals surface area (Å²) in [5.74, 6) is -0.129. The van der Waals surface area contributed by atoms with E-state index < -0.39 is 0 Å². The van der Waals surface area contributed by atoms with E-state index in [1.807, 2.05) is 44.2 Å². The fraction of sp³-hybridized carbons (Fsp3) is 0.316. The molecule has 1 aromatic carbocycles. The van der Waals surface area contributed by atoms with Gasteiger partial charge < -0.3 is 9.64 Å². The van der Waals surface area contributed by atoms with E-state index in [1.54, 1.807) is 4.90 Å². The molecule has 0 bridgehead atoms. The molecule has 2 aromatic heterocycles. The van der Waals surface area contributed by atoms with Gasteiger partial charge in [-0.1, -0.05) is 12.1 Å². The second-order valence-corrected chi connectivity index (χ2v) is 6.46. The van der Waals surface area contributed by atoms with Gasteiger partial charge in [0, 0.05) is 24.4 Å². The van der Waals surface area contributed by atoms with Crippen LogP contribution < -0.4 is 4.74 Å². The number of fused-ring (bicyclic) bond motifs is 1.